The molecule has 0 spiro atoms. The first-order valence-corrected chi connectivity index (χ1v) is 5.81. The minimum absolute atomic E-state index is 0.130. The van der Waals surface area contributed by atoms with Gasteiger partial charge in [0.05, 0.1) is 17.0 Å². The molecule has 18 heavy (non-hydrogen) atoms. The SMILES string of the molecule is Cc1cc(C(=O)NCCCCC(=O)O)c(C)nn1. The topological polar surface area (TPSA) is 92.2 Å². The predicted octanol–water partition coefficient (Wildman–Crippen LogP) is 1.08. The summed E-state index contributed by atoms with van der Waals surface area (Å²) in [7, 11) is 0. The molecule has 1 heterocycles. The molecule has 0 aromatic carbocycles. The molecule has 98 valence electrons. The largest absolute Gasteiger partial charge is 0.481 e. The Morgan fingerprint density at radius 3 is 2.67 bits per heavy atom. The van der Waals surface area contributed by atoms with Crippen molar-refractivity contribution < 1.29 is 14.7 Å². The summed E-state index contributed by atoms with van der Waals surface area (Å²) in [5, 5.41) is 18.9. The first-order valence-electron chi connectivity index (χ1n) is 5.81. The van der Waals surface area contributed by atoms with Crippen molar-refractivity contribution in [2.24, 2.45) is 0 Å². The number of carbonyl (C=O) groups is 2. The zero-order valence-corrected chi connectivity index (χ0v) is 10.6. The molecule has 0 aliphatic carbocycles. The first-order chi connectivity index (χ1) is 8.50. The number of carboxylic acids is 1. The third-order valence-corrected chi connectivity index (χ3v) is 2.45. The summed E-state index contributed by atoms with van der Waals surface area (Å²) in [5.74, 6) is -1.01. The molecule has 1 aromatic rings. The number of hydrogen-bond acceptors (Lipinski definition) is 4. The van der Waals surface area contributed by atoms with Gasteiger partial charge in [0.2, 0.25) is 0 Å². The highest BCUT2D eigenvalue weighted by molar-refractivity contribution is 5.95. The molecule has 0 radical (unpaired) electrons. The highest BCUT2D eigenvalue weighted by Gasteiger charge is 2.10. The average molecular weight is 251 g/mol. The number of aromatic nitrogens is 2. The number of amides is 1. The Balaban J connectivity index is 2.41. The molecule has 6 heteroatoms. The van der Waals surface area contributed by atoms with Crippen LogP contribution in [0.3, 0.4) is 0 Å². The lowest BCUT2D eigenvalue weighted by Crippen LogP contribution is -2.26. The van der Waals surface area contributed by atoms with Gasteiger partial charge in [-0.3, -0.25) is 9.59 Å². The van der Waals surface area contributed by atoms with Crippen molar-refractivity contribution in [2.75, 3.05) is 6.54 Å². The van der Waals surface area contributed by atoms with Crippen LogP contribution in [-0.2, 0) is 4.79 Å². The fourth-order valence-corrected chi connectivity index (χ4v) is 1.48. The highest BCUT2D eigenvalue weighted by atomic mass is 16.4. The second kappa shape index (κ2) is 6.68. The molecular weight excluding hydrogens is 234 g/mol. The van der Waals surface area contributed by atoms with Crippen molar-refractivity contribution in [1.29, 1.82) is 0 Å². The Morgan fingerprint density at radius 1 is 1.28 bits per heavy atom. The van der Waals surface area contributed by atoms with Gasteiger partial charge >= 0.3 is 5.97 Å². The van der Waals surface area contributed by atoms with Gasteiger partial charge in [-0.05, 0) is 32.8 Å². The van der Waals surface area contributed by atoms with E-state index in [0.717, 1.165) is 0 Å². The van der Waals surface area contributed by atoms with Crippen molar-refractivity contribution in [3.8, 4) is 0 Å². The number of carboxylic acid groups (broad SMARTS) is 1. The van der Waals surface area contributed by atoms with E-state index in [2.05, 4.69) is 15.5 Å². The Kier molecular flexibility index (Phi) is 5.23. The molecule has 1 aromatic heterocycles. The van der Waals surface area contributed by atoms with Crippen LogP contribution in [-0.4, -0.2) is 33.7 Å². The highest BCUT2D eigenvalue weighted by Crippen LogP contribution is 2.05. The van der Waals surface area contributed by atoms with Crippen molar-refractivity contribution in [3.63, 3.8) is 0 Å². The third-order valence-electron chi connectivity index (χ3n) is 2.45. The lowest BCUT2D eigenvalue weighted by atomic mass is 10.2. The number of unbranched alkanes of at least 4 members (excludes halogenated alkanes) is 1. The summed E-state index contributed by atoms with van der Waals surface area (Å²) in [5.41, 5.74) is 1.79. The van der Waals surface area contributed by atoms with Crippen LogP contribution in [0.1, 0.15) is 41.0 Å². The van der Waals surface area contributed by atoms with Gasteiger partial charge in [-0.25, -0.2) is 0 Å². The van der Waals surface area contributed by atoms with E-state index in [1.54, 1.807) is 19.9 Å². The van der Waals surface area contributed by atoms with Crippen LogP contribution in [0.4, 0.5) is 0 Å². The van der Waals surface area contributed by atoms with Crippen molar-refractivity contribution in [3.05, 3.63) is 23.0 Å². The maximum absolute atomic E-state index is 11.8. The monoisotopic (exact) mass is 251 g/mol. The number of aryl methyl sites for hydroxylation is 2. The van der Waals surface area contributed by atoms with Gasteiger partial charge in [-0.2, -0.15) is 10.2 Å². The molecular formula is C12H17N3O3. The molecule has 2 N–H and O–H groups in total. The van der Waals surface area contributed by atoms with Gasteiger partial charge in [0, 0.05) is 13.0 Å². The van der Waals surface area contributed by atoms with Crippen LogP contribution in [0.25, 0.3) is 0 Å². The Bertz CT molecular complexity index is 446. The van der Waals surface area contributed by atoms with Gasteiger partial charge in [-0.15, -0.1) is 0 Å². The van der Waals surface area contributed by atoms with Crippen molar-refractivity contribution in [1.82, 2.24) is 15.5 Å². The van der Waals surface area contributed by atoms with Gasteiger partial charge < -0.3 is 10.4 Å². The summed E-state index contributed by atoms with van der Waals surface area (Å²) < 4.78 is 0. The normalized spacial score (nSPS) is 10.1. The number of hydrogen-bond donors (Lipinski definition) is 2. The maximum Gasteiger partial charge on any atom is 0.303 e. The molecule has 6 nitrogen and oxygen atoms in total. The van der Waals surface area contributed by atoms with Crippen LogP contribution < -0.4 is 5.32 Å². The lowest BCUT2D eigenvalue weighted by molar-refractivity contribution is -0.137. The molecule has 0 fully saturated rings. The number of aliphatic carboxylic acids is 1. The molecule has 0 aliphatic rings. The van der Waals surface area contributed by atoms with E-state index in [1.807, 2.05) is 0 Å². The fraction of sp³-hybridized carbons (Fsp3) is 0.500. The molecule has 0 saturated carbocycles. The van der Waals surface area contributed by atoms with Crippen LogP contribution >= 0.6 is 0 Å². The summed E-state index contributed by atoms with van der Waals surface area (Å²) >= 11 is 0. The fourth-order valence-electron chi connectivity index (χ4n) is 1.48. The summed E-state index contributed by atoms with van der Waals surface area (Å²) in [6.07, 6.45) is 1.33. The first kappa shape index (κ1) is 14.1. The van der Waals surface area contributed by atoms with E-state index in [-0.39, 0.29) is 12.3 Å². The van der Waals surface area contributed by atoms with E-state index in [4.69, 9.17) is 5.11 Å². The van der Waals surface area contributed by atoms with E-state index < -0.39 is 5.97 Å². The van der Waals surface area contributed by atoms with Gasteiger partial charge in [0.15, 0.2) is 0 Å². The number of nitrogens with zero attached hydrogens (tertiary/aromatic N) is 2. The minimum atomic E-state index is -0.814. The zero-order valence-electron chi connectivity index (χ0n) is 10.6. The van der Waals surface area contributed by atoms with Crippen LogP contribution in [0.5, 0.6) is 0 Å². The molecule has 0 bridgehead atoms. The van der Waals surface area contributed by atoms with E-state index >= 15 is 0 Å². The molecule has 0 aliphatic heterocycles. The molecule has 1 amide bonds. The Hall–Kier alpha value is -1.98. The van der Waals surface area contributed by atoms with Gasteiger partial charge in [-0.1, -0.05) is 0 Å². The second-order valence-corrected chi connectivity index (χ2v) is 4.09. The smallest absolute Gasteiger partial charge is 0.303 e. The summed E-state index contributed by atoms with van der Waals surface area (Å²) in [6, 6.07) is 1.69. The van der Waals surface area contributed by atoms with E-state index in [0.29, 0.717) is 36.3 Å². The third kappa shape index (κ3) is 4.48. The summed E-state index contributed by atoms with van der Waals surface area (Å²) in [6.45, 7) is 3.97. The Labute approximate surface area is 105 Å². The van der Waals surface area contributed by atoms with E-state index in [1.165, 1.54) is 0 Å². The summed E-state index contributed by atoms with van der Waals surface area (Å²) in [4.78, 5) is 22.1. The maximum atomic E-state index is 11.8. The molecule has 0 unspecified atom stereocenters. The number of nitrogens with one attached hydrogen (secondary N) is 1. The average Bonchev–Trinajstić information content (AvgIpc) is 2.31. The quantitative estimate of drug-likeness (QED) is 0.738. The molecule has 0 atom stereocenters. The molecule has 0 saturated heterocycles. The predicted molar refractivity (Wildman–Crippen MR) is 65.3 cm³/mol. The second-order valence-electron chi connectivity index (χ2n) is 4.09. The number of carbonyl (C=O) groups excluding carboxylic acids is 1. The minimum Gasteiger partial charge on any atom is -0.481 e. The standard InChI is InChI=1S/C12H17N3O3/c1-8-7-10(9(2)15-14-8)12(18)13-6-4-3-5-11(16)17/h7H,3-6H2,1-2H3,(H,13,18)(H,16,17). The number of rotatable bonds is 6. The molecule has 1 rings (SSSR count). The van der Waals surface area contributed by atoms with Crippen LogP contribution in [0.2, 0.25) is 0 Å². The lowest BCUT2D eigenvalue weighted by Gasteiger charge is -2.06. The Morgan fingerprint density at radius 2 is 2.00 bits per heavy atom. The zero-order chi connectivity index (χ0) is 13.5. The van der Waals surface area contributed by atoms with Crippen molar-refractivity contribution >= 4 is 11.9 Å². The van der Waals surface area contributed by atoms with Crippen molar-refractivity contribution in [2.45, 2.75) is 33.1 Å². The van der Waals surface area contributed by atoms with E-state index in [9.17, 15) is 9.59 Å². The van der Waals surface area contributed by atoms with Gasteiger partial charge in [0.1, 0.15) is 0 Å². The van der Waals surface area contributed by atoms with Gasteiger partial charge in [0.25, 0.3) is 5.91 Å². The van der Waals surface area contributed by atoms with Crippen LogP contribution in [0.15, 0.2) is 6.07 Å². The van der Waals surface area contributed by atoms with Crippen LogP contribution in [0, 0.1) is 13.8 Å².